The molecular weight excluding hydrogens is 354 g/mol. The summed E-state index contributed by atoms with van der Waals surface area (Å²) in [6.45, 7) is 0. The summed E-state index contributed by atoms with van der Waals surface area (Å²) < 4.78 is 6.69. The largest absolute Gasteiger partial charge is 0.437 e. The van der Waals surface area contributed by atoms with Gasteiger partial charge in [-0.1, -0.05) is 23.7 Å². The van der Waals surface area contributed by atoms with Crippen LogP contribution in [0.5, 0.6) is 11.6 Å². The van der Waals surface area contributed by atoms with E-state index in [1.165, 1.54) is 0 Å². The van der Waals surface area contributed by atoms with E-state index >= 15 is 0 Å². The average Bonchev–Trinajstić information content (AvgIpc) is 2.49. The number of aromatic nitrogens is 2. The maximum absolute atomic E-state index is 5.94. The average molecular weight is 365 g/mol. The molecule has 0 radical (unpaired) electrons. The van der Waals surface area contributed by atoms with Gasteiger partial charge in [0.2, 0.25) is 11.8 Å². The molecular formula is C15H11BrClN3O. The van der Waals surface area contributed by atoms with Gasteiger partial charge in [-0.2, -0.15) is 4.98 Å². The zero-order valence-corrected chi connectivity index (χ0v) is 13.4. The number of rotatable bonds is 3. The second-order valence-corrected chi connectivity index (χ2v) is 5.59. The molecule has 0 bridgehead atoms. The van der Waals surface area contributed by atoms with Crippen LogP contribution in [-0.4, -0.2) is 17.0 Å². The standard InChI is InChI=1S/C15H11BrClN3O/c1-18-15-19-12-5-3-2-4-10(12)14(20-15)21-13-7-6-9(17)8-11(13)16/h2-8H,1H3,(H,18,19,20). The number of nitrogens with one attached hydrogen (secondary N) is 1. The van der Waals surface area contributed by atoms with E-state index in [1.54, 1.807) is 25.2 Å². The minimum absolute atomic E-state index is 0.493. The summed E-state index contributed by atoms with van der Waals surface area (Å²) >= 11 is 9.38. The first-order valence-electron chi connectivity index (χ1n) is 6.25. The number of nitrogens with zero attached hydrogens (tertiary/aromatic N) is 2. The van der Waals surface area contributed by atoms with E-state index in [-0.39, 0.29) is 0 Å². The molecule has 0 atom stereocenters. The van der Waals surface area contributed by atoms with Gasteiger partial charge in [-0.3, -0.25) is 0 Å². The highest BCUT2D eigenvalue weighted by Crippen LogP contribution is 2.34. The van der Waals surface area contributed by atoms with Gasteiger partial charge in [-0.25, -0.2) is 4.98 Å². The molecule has 3 rings (SSSR count). The predicted molar refractivity (Wildman–Crippen MR) is 88.3 cm³/mol. The molecule has 0 saturated carbocycles. The Morgan fingerprint density at radius 3 is 2.71 bits per heavy atom. The molecule has 0 aliphatic rings. The normalized spacial score (nSPS) is 10.6. The Morgan fingerprint density at radius 2 is 1.95 bits per heavy atom. The van der Waals surface area contributed by atoms with Crippen LogP contribution >= 0.6 is 27.5 Å². The van der Waals surface area contributed by atoms with Crippen LogP contribution in [0.25, 0.3) is 10.9 Å². The van der Waals surface area contributed by atoms with E-state index in [0.29, 0.717) is 22.6 Å². The summed E-state index contributed by atoms with van der Waals surface area (Å²) in [5.41, 5.74) is 0.817. The molecule has 4 nitrogen and oxygen atoms in total. The van der Waals surface area contributed by atoms with Crippen molar-refractivity contribution in [1.29, 1.82) is 0 Å². The van der Waals surface area contributed by atoms with Crippen LogP contribution in [0.15, 0.2) is 46.9 Å². The lowest BCUT2D eigenvalue weighted by atomic mass is 10.2. The van der Waals surface area contributed by atoms with Crippen LogP contribution in [0.3, 0.4) is 0 Å². The number of halogens is 2. The highest BCUT2D eigenvalue weighted by molar-refractivity contribution is 9.10. The predicted octanol–water partition coefficient (Wildman–Crippen LogP) is 4.88. The third kappa shape index (κ3) is 2.94. The van der Waals surface area contributed by atoms with E-state index in [4.69, 9.17) is 16.3 Å². The monoisotopic (exact) mass is 363 g/mol. The summed E-state index contributed by atoms with van der Waals surface area (Å²) in [5, 5.41) is 4.42. The number of ether oxygens (including phenoxy) is 1. The fraction of sp³-hybridized carbons (Fsp3) is 0.0667. The van der Waals surface area contributed by atoms with Crippen LogP contribution in [0.1, 0.15) is 0 Å². The Hall–Kier alpha value is -1.85. The highest BCUT2D eigenvalue weighted by atomic mass is 79.9. The molecule has 6 heteroatoms. The highest BCUT2D eigenvalue weighted by Gasteiger charge is 2.11. The first-order chi connectivity index (χ1) is 10.2. The molecule has 1 N–H and O–H groups in total. The van der Waals surface area contributed by atoms with Crippen molar-refractivity contribution in [2.75, 3.05) is 12.4 Å². The van der Waals surface area contributed by atoms with Crippen LogP contribution in [0.4, 0.5) is 5.95 Å². The van der Waals surface area contributed by atoms with Crippen molar-refractivity contribution in [2.45, 2.75) is 0 Å². The van der Waals surface area contributed by atoms with Gasteiger partial charge >= 0.3 is 0 Å². The number of fused-ring (bicyclic) bond motifs is 1. The molecule has 21 heavy (non-hydrogen) atoms. The minimum Gasteiger partial charge on any atom is -0.437 e. The third-order valence-electron chi connectivity index (χ3n) is 2.89. The second-order valence-electron chi connectivity index (χ2n) is 4.30. The van der Waals surface area contributed by atoms with Crippen molar-refractivity contribution < 1.29 is 4.74 Å². The topological polar surface area (TPSA) is 47.0 Å². The van der Waals surface area contributed by atoms with E-state index in [2.05, 4.69) is 31.2 Å². The van der Waals surface area contributed by atoms with Crippen molar-refractivity contribution >= 4 is 44.4 Å². The van der Waals surface area contributed by atoms with Crippen molar-refractivity contribution in [3.8, 4) is 11.6 Å². The van der Waals surface area contributed by atoms with Gasteiger partial charge in [-0.15, -0.1) is 0 Å². The molecule has 0 spiro atoms. The summed E-state index contributed by atoms with van der Waals surface area (Å²) in [7, 11) is 1.77. The van der Waals surface area contributed by atoms with Gasteiger partial charge in [0.1, 0.15) is 5.75 Å². The number of hydrogen-bond acceptors (Lipinski definition) is 4. The van der Waals surface area contributed by atoms with E-state index in [1.807, 2.05) is 24.3 Å². The summed E-state index contributed by atoms with van der Waals surface area (Å²) in [4.78, 5) is 8.78. The molecule has 106 valence electrons. The van der Waals surface area contributed by atoms with Gasteiger partial charge in [-0.05, 0) is 46.3 Å². The summed E-state index contributed by atoms with van der Waals surface area (Å²) in [6.07, 6.45) is 0. The zero-order valence-electron chi connectivity index (χ0n) is 11.1. The first-order valence-corrected chi connectivity index (χ1v) is 7.42. The van der Waals surface area contributed by atoms with Crippen molar-refractivity contribution in [1.82, 2.24) is 9.97 Å². The molecule has 3 aromatic rings. The number of anilines is 1. The summed E-state index contributed by atoms with van der Waals surface area (Å²) in [5.74, 6) is 1.65. The first kappa shape index (κ1) is 14.1. The molecule has 0 aliphatic carbocycles. The maximum atomic E-state index is 5.94. The van der Waals surface area contributed by atoms with Gasteiger partial charge in [0, 0.05) is 12.1 Å². The smallest absolute Gasteiger partial charge is 0.232 e. The molecule has 1 heterocycles. The minimum atomic E-state index is 0.493. The zero-order chi connectivity index (χ0) is 14.8. The van der Waals surface area contributed by atoms with Gasteiger partial charge in [0.15, 0.2) is 0 Å². The van der Waals surface area contributed by atoms with E-state index < -0.39 is 0 Å². The fourth-order valence-electron chi connectivity index (χ4n) is 1.90. The van der Waals surface area contributed by atoms with E-state index in [9.17, 15) is 0 Å². The number of hydrogen-bond donors (Lipinski definition) is 1. The molecule has 2 aromatic carbocycles. The number of benzene rings is 2. The SMILES string of the molecule is CNc1nc(Oc2ccc(Cl)cc2Br)c2ccccc2n1. The lowest BCUT2D eigenvalue weighted by Gasteiger charge is -2.11. The Morgan fingerprint density at radius 1 is 1.14 bits per heavy atom. The van der Waals surface area contributed by atoms with Crippen LogP contribution < -0.4 is 10.1 Å². The lowest BCUT2D eigenvalue weighted by Crippen LogP contribution is -1.99. The van der Waals surface area contributed by atoms with Crippen LogP contribution in [0, 0.1) is 0 Å². The molecule has 0 fully saturated rings. The molecule has 1 aromatic heterocycles. The Bertz CT molecular complexity index is 810. The van der Waals surface area contributed by atoms with Crippen LogP contribution in [-0.2, 0) is 0 Å². The third-order valence-corrected chi connectivity index (χ3v) is 3.75. The second kappa shape index (κ2) is 5.87. The van der Waals surface area contributed by atoms with Gasteiger partial charge < -0.3 is 10.1 Å². The molecule has 0 amide bonds. The molecule has 0 unspecified atom stereocenters. The van der Waals surface area contributed by atoms with Crippen molar-refractivity contribution in [3.63, 3.8) is 0 Å². The summed E-state index contributed by atoms with van der Waals surface area (Å²) in [6, 6.07) is 13.0. The van der Waals surface area contributed by atoms with Gasteiger partial charge in [0.05, 0.1) is 15.4 Å². The lowest BCUT2D eigenvalue weighted by molar-refractivity contribution is 0.466. The Balaban J connectivity index is 2.10. The van der Waals surface area contributed by atoms with Gasteiger partial charge in [0.25, 0.3) is 0 Å². The molecule has 0 saturated heterocycles. The fourth-order valence-corrected chi connectivity index (χ4v) is 2.66. The quantitative estimate of drug-likeness (QED) is 0.719. The van der Waals surface area contributed by atoms with E-state index in [0.717, 1.165) is 15.4 Å². The Kier molecular flexibility index (Phi) is 3.94. The van der Waals surface area contributed by atoms with Crippen molar-refractivity contribution in [2.24, 2.45) is 0 Å². The maximum Gasteiger partial charge on any atom is 0.232 e. The molecule has 0 aliphatic heterocycles. The number of para-hydroxylation sites is 1. The Labute approximate surface area is 135 Å². The van der Waals surface area contributed by atoms with Crippen molar-refractivity contribution in [3.05, 3.63) is 52.0 Å². The van der Waals surface area contributed by atoms with Crippen LogP contribution in [0.2, 0.25) is 5.02 Å².